The minimum Gasteiger partial charge on any atom is -0.348 e. The maximum absolute atomic E-state index is 13.5. The largest absolute Gasteiger partial charge is 0.348 e. The van der Waals surface area contributed by atoms with E-state index in [4.69, 9.17) is 39.9 Å². The molecule has 7 nitrogen and oxygen atoms in total. The molecule has 0 aliphatic heterocycles. The average Bonchev–Trinajstić information content (AvgIpc) is 3.57. The maximum atomic E-state index is 13.5. The van der Waals surface area contributed by atoms with Gasteiger partial charge in [-0.3, -0.25) is 4.79 Å². The van der Waals surface area contributed by atoms with Crippen LogP contribution in [0.4, 0.5) is 0 Å². The smallest absolute Gasteiger partial charge is 0.272 e. The third-order valence-corrected chi connectivity index (χ3v) is 6.72. The van der Waals surface area contributed by atoms with E-state index < -0.39 is 0 Å². The van der Waals surface area contributed by atoms with Crippen LogP contribution < -0.4 is 5.32 Å². The summed E-state index contributed by atoms with van der Waals surface area (Å²) in [5.74, 6) is -0.221. The van der Waals surface area contributed by atoms with Gasteiger partial charge in [0.1, 0.15) is 12.7 Å². The lowest BCUT2D eigenvalue weighted by molar-refractivity contribution is 0.0931. The molecule has 1 aliphatic rings. The van der Waals surface area contributed by atoms with Crippen LogP contribution in [0, 0.1) is 0 Å². The van der Waals surface area contributed by atoms with Gasteiger partial charge in [0, 0.05) is 27.2 Å². The number of benzene rings is 2. The first kappa shape index (κ1) is 22.9. The van der Waals surface area contributed by atoms with Crippen LogP contribution in [0.3, 0.4) is 0 Å². The molecule has 1 aliphatic carbocycles. The molecule has 0 saturated heterocycles. The Kier molecular flexibility index (Phi) is 6.59. The molecule has 0 bridgehead atoms. The number of amides is 1. The van der Waals surface area contributed by atoms with E-state index in [1.807, 2.05) is 12.1 Å². The van der Waals surface area contributed by atoms with Crippen molar-refractivity contribution < 1.29 is 4.79 Å². The summed E-state index contributed by atoms with van der Waals surface area (Å²) in [7, 11) is 0. The lowest BCUT2D eigenvalue weighted by atomic mass is 10.0. The fourth-order valence-corrected chi connectivity index (χ4v) is 4.93. The van der Waals surface area contributed by atoms with Gasteiger partial charge < -0.3 is 5.32 Å². The van der Waals surface area contributed by atoms with Crippen LogP contribution in [-0.2, 0) is 6.54 Å². The predicted molar refractivity (Wildman–Crippen MR) is 133 cm³/mol. The van der Waals surface area contributed by atoms with Crippen LogP contribution in [-0.4, -0.2) is 36.5 Å². The topological polar surface area (TPSA) is 77.6 Å². The summed E-state index contributed by atoms with van der Waals surface area (Å²) in [6.07, 6.45) is 7.23. The third kappa shape index (κ3) is 4.69. The number of aromatic nitrogens is 5. The van der Waals surface area contributed by atoms with E-state index in [1.54, 1.807) is 46.0 Å². The Bertz CT molecular complexity index is 1310. The molecule has 0 radical (unpaired) electrons. The summed E-state index contributed by atoms with van der Waals surface area (Å²) in [4.78, 5) is 17.5. The van der Waals surface area contributed by atoms with Crippen LogP contribution in [0.1, 0.15) is 41.7 Å². The minimum absolute atomic E-state index is 0.148. The zero-order valence-corrected chi connectivity index (χ0v) is 20.4. The van der Waals surface area contributed by atoms with Crippen molar-refractivity contribution in [1.82, 2.24) is 29.9 Å². The second-order valence-electron chi connectivity index (χ2n) is 8.24. The van der Waals surface area contributed by atoms with Gasteiger partial charge in [-0.15, -0.1) is 0 Å². The van der Waals surface area contributed by atoms with E-state index in [9.17, 15) is 4.79 Å². The van der Waals surface area contributed by atoms with Gasteiger partial charge >= 0.3 is 0 Å². The van der Waals surface area contributed by atoms with E-state index in [0.29, 0.717) is 44.3 Å². The average molecular weight is 516 g/mol. The van der Waals surface area contributed by atoms with E-state index in [1.165, 1.54) is 6.33 Å². The van der Waals surface area contributed by atoms with Crippen molar-refractivity contribution in [3.8, 4) is 16.9 Å². The number of carbonyl (C=O) groups is 1. The Morgan fingerprint density at radius 3 is 2.44 bits per heavy atom. The highest BCUT2D eigenvalue weighted by atomic mass is 35.5. The van der Waals surface area contributed by atoms with E-state index in [0.717, 1.165) is 31.2 Å². The highest BCUT2D eigenvalue weighted by Crippen LogP contribution is 2.34. The maximum Gasteiger partial charge on any atom is 0.272 e. The summed E-state index contributed by atoms with van der Waals surface area (Å²) in [6.45, 7) is 0.302. The van der Waals surface area contributed by atoms with Gasteiger partial charge in [-0.1, -0.05) is 59.8 Å². The fraction of sp³-hybridized carbons (Fsp3) is 0.250. The van der Waals surface area contributed by atoms with Crippen molar-refractivity contribution in [3.05, 3.63) is 81.4 Å². The molecule has 5 rings (SSSR count). The molecule has 1 saturated carbocycles. The van der Waals surface area contributed by atoms with E-state index >= 15 is 0 Å². The SMILES string of the molecule is O=C(NC1CCCC1)c1nn(-c2ccc(Cl)cc2Cl)c(-c2ccc(Cl)cc2)c1Cn1cncn1. The van der Waals surface area contributed by atoms with Crippen LogP contribution in [0.15, 0.2) is 55.1 Å². The third-order valence-electron chi connectivity index (χ3n) is 5.93. The molecular formula is C24H21Cl3N6O. The van der Waals surface area contributed by atoms with Crippen LogP contribution in [0.2, 0.25) is 15.1 Å². The van der Waals surface area contributed by atoms with E-state index in [-0.39, 0.29) is 11.9 Å². The monoisotopic (exact) mass is 514 g/mol. The summed E-state index contributed by atoms with van der Waals surface area (Å²) < 4.78 is 3.36. The summed E-state index contributed by atoms with van der Waals surface area (Å²) >= 11 is 18.9. The molecule has 0 atom stereocenters. The second-order valence-corrected chi connectivity index (χ2v) is 9.52. The molecule has 4 aromatic rings. The molecule has 1 amide bonds. The molecule has 174 valence electrons. The Labute approximate surface area is 211 Å². The zero-order chi connectivity index (χ0) is 23.7. The van der Waals surface area contributed by atoms with Crippen molar-refractivity contribution in [2.75, 3.05) is 0 Å². The molecule has 10 heteroatoms. The number of nitrogens with one attached hydrogen (secondary N) is 1. The highest BCUT2D eigenvalue weighted by Gasteiger charge is 2.28. The predicted octanol–water partition coefficient (Wildman–Crippen LogP) is 5.81. The van der Waals surface area contributed by atoms with Gasteiger partial charge in [-0.2, -0.15) is 10.2 Å². The van der Waals surface area contributed by atoms with Gasteiger partial charge in [0.25, 0.3) is 5.91 Å². The molecule has 34 heavy (non-hydrogen) atoms. The van der Waals surface area contributed by atoms with Gasteiger partial charge in [-0.25, -0.2) is 14.3 Å². The zero-order valence-electron chi connectivity index (χ0n) is 18.1. The van der Waals surface area contributed by atoms with Gasteiger partial charge in [0.05, 0.1) is 22.9 Å². The van der Waals surface area contributed by atoms with Crippen LogP contribution in [0.5, 0.6) is 0 Å². The standard InChI is InChI=1S/C24H21Cl3N6O/c25-16-7-5-15(6-8-16)23-19(12-32-14-28-13-29-32)22(24(34)30-18-3-1-2-4-18)31-33(23)21-10-9-17(26)11-20(21)27/h5-11,13-14,18H,1-4,12H2,(H,30,34). The molecule has 0 spiro atoms. The summed E-state index contributed by atoms with van der Waals surface area (Å²) in [5.41, 5.74) is 3.18. The van der Waals surface area contributed by atoms with Gasteiger partial charge in [0.2, 0.25) is 0 Å². The van der Waals surface area contributed by atoms with Crippen molar-refractivity contribution in [2.45, 2.75) is 38.3 Å². The van der Waals surface area contributed by atoms with Crippen molar-refractivity contribution in [1.29, 1.82) is 0 Å². The number of hydrogen-bond donors (Lipinski definition) is 1. The number of halogens is 3. The van der Waals surface area contributed by atoms with Crippen LogP contribution in [0.25, 0.3) is 16.9 Å². The molecule has 1 N–H and O–H groups in total. The first-order valence-corrected chi connectivity index (χ1v) is 12.1. The van der Waals surface area contributed by atoms with Crippen molar-refractivity contribution in [3.63, 3.8) is 0 Å². The van der Waals surface area contributed by atoms with Crippen molar-refractivity contribution >= 4 is 40.7 Å². The fourth-order valence-electron chi connectivity index (χ4n) is 4.31. The number of nitrogens with zero attached hydrogens (tertiary/aromatic N) is 5. The number of rotatable bonds is 6. The number of hydrogen-bond acceptors (Lipinski definition) is 4. The Morgan fingerprint density at radius 1 is 1.03 bits per heavy atom. The lowest BCUT2D eigenvalue weighted by Gasteiger charge is -2.13. The first-order chi connectivity index (χ1) is 16.5. The Balaban J connectivity index is 1.71. The number of carbonyl (C=O) groups excluding carboxylic acids is 1. The normalized spacial score (nSPS) is 14.0. The molecule has 2 aromatic carbocycles. The lowest BCUT2D eigenvalue weighted by Crippen LogP contribution is -2.33. The Hall–Kier alpha value is -2.87. The van der Waals surface area contributed by atoms with Gasteiger partial charge in [-0.05, 0) is 43.2 Å². The second kappa shape index (κ2) is 9.78. The van der Waals surface area contributed by atoms with E-state index in [2.05, 4.69) is 15.4 Å². The highest BCUT2D eigenvalue weighted by molar-refractivity contribution is 6.35. The summed E-state index contributed by atoms with van der Waals surface area (Å²) in [6, 6.07) is 12.7. The quantitative estimate of drug-likeness (QED) is 0.351. The Morgan fingerprint density at radius 2 is 1.76 bits per heavy atom. The molecule has 0 unspecified atom stereocenters. The molecule has 2 aromatic heterocycles. The minimum atomic E-state index is -0.221. The molecule has 1 fully saturated rings. The summed E-state index contributed by atoms with van der Waals surface area (Å²) in [5, 5.41) is 13.7. The van der Waals surface area contributed by atoms with Crippen LogP contribution >= 0.6 is 34.8 Å². The first-order valence-electron chi connectivity index (χ1n) is 11.0. The van der Waals surface area contributed by atoms with Gasteiger partial charge in [0.15, 0.2) is 5.69 Å². The molecule has 2 heterocycles. The van der Waals surface area contributed by atoms with Crippen molar-refractivity contribution in [2.24, 2.45) is 0 Å². The molecular weight excluding hydrogens is 495 g/mol.